The van der Waals surface area contributed by atoms with E-state index >= 15 is 0 Å². The van der Waals surface area contributed by atoms with Gasteiger partial charge in [-0.1, -0.05) is 0 Å². The van der Waals surface area contributed by atoms with Gasteiger partial charge in [-0.15, -0.1) is 0 Å². The van der Waals surface area contributed by atoms with Gasteiger partial charge in [-0.25, -0.2) is 18.2 Å². The van der Waals surface area contributed by atoms with Gasteiger partial charge in [0, 0.05) is 24.5 Å². The summed E-state index contributed by atoms with van der Waals surface area (Å²) in [6.45, 7) is 2.52. The first-order chi connectivity index (χ1) is 9.02. The molecule has 3 nitrogen and oxygen atoms in total. The van der Waals surface area contributed by atoms with E-state index in [0.29, 0.717) is 24.5 Å². The molecule has 0 atom stereocenters. The fourth-order valence-electron chi connectivity index (χ4n) is 1.76. The molecule has 1 aromatic heterocycles. The van der Waals surface area contributed by atoms with Crippen molar-refractivity contribution in [2.45, 2.75) is 19.9 Å². The molecule has 1 heterocycles. The van der Waals surface area contributed by atoms with E-state index in [1.807, 2.05) is 6.92 Å². The number of hydrogen-bond donors (Lipinski definition) is 0. The van der Waals surface area contributed by atoms with Crippen molar-refractivity contribution in [3.63, 3.8) is 0 Å². The van der Waals surface area contributed by atoms with Crippen molar-refractivity contribution in [1.29, 1.82) is 0 Å². The second-order valence-electron chi connectivity index (χ2n) is 3.98. The number of Topliss-reactive ketones (excluding diaryl/α,β-unsaturated/α-hetero) is 1. The van der Waals surface area contributed by atoms with Gasteiger partial charge >= 0.3 is 0 Å². The zero-order valence-electron chi connectivity index (χ0n) is 10.2. The van der Waals surface area contributed by atoms with E-state index in [0.717, 1.165) is 0 Å². The fraction of sp³-hybridized carbons (Fsp3) is 0.231. The van der Waals surface area contributed by atoms with E-state index in [2.05, 4.69) is 4.98 Å². The minimum atomic E-state index is -1.58. The van der Waals surface area contributed by atoms with Crippen LogP contribution in [-0.2, 0) is 13.0 Å². The maximum Gasteiger partial charge on any atom is 0.194 e. The van der Waals surface area contributed by atoms with Gasteiger partial charge in [-0.2, -0.15) is 0 Å². The van der Waals surface area contributed by atoms with Crippen LogP contribution >= 0.6 is 0 Å². The maximum atomic E-state index is 13.0. The molecule has 2 rings (SSSR count). The first kappa shape index (κ1) is 13.3. The molecule has 6 heteroatoms. The second-order valence-corrected chi connectivity index (χ2v) is 3.98. The van der Waals surface area contributed by atoms with Crippen molar-refractivity contribution < 1.29 is 18.0 Å². The highest BCUT2D eigenvalue weighted by Gasteiger charge is 2.16. The van der Waals surface area contributed by atoms with E-state index in [-0.39, 0.29) is 12.0 Å². The summed E-state index contributed by atoms with van der Waals surface area (Å²) in [4.78, 5) is 15.9. The normalized spacial score (nSPS) is 10.7. The van der Waals surface area contributed by atoms with E-state index in [4.69, 9.17) is 0 Å². The third kappa shape index (κ3) is 2.67. The summed E-state index contributed by atoms with van der Waals surface area (Å²) in [6.07, 6.45) is 3.15. The van der Waals surface area contributed by atoms with Crippen LogP contribution in [0, 0.1) is 17.5 Å². The lowest BCUT2D eigenvalue weighted by molar-refractivity contribution is 0.0988. The van der Waals surface area contributed by atoms with Crippen LogP contribution in [0.2, 0.25) is 0 Å². The highest BCUT2D eigenvalue weighted by molar-refractivity contribution is 5.97. The molecule has 0 unspecified atom stereocenters. The van der Waals surface area contributed by atoms with Crippen LogP contribution in [0.25, 0.3) is 0 Å². The molecule has 1 aromatic carbocycles. The third-order valence-corrected chi connectivity index (χ3v) is 2.77. The van der Waals surface area contributed by atoms with Gasteiger partial charge in [-0.3, -0.25) is 4.79 Å². The number of aryl methyl sites for hydroxylation is 1. The Hall–Kier alpha value is -2.11. The average Bonchev–Trinajstić information content (AvgIpc) is 2.82. The zero-order valence-corrected chi connectivity index (χ0v) is 10.2. The Kier molecular flexibility index (Phi) is 3.69. The number of rotatable bonds is 4. The molecule has 0 aliphatic heterocycles. The summed E-state index contributed by atoms with van der Waals surface area (Å²) in [7, 11) is 0. The van der Waals surface area contributed by atoms with Crippen LogP contribution < -0.4 is 0 Å². The molecule has 19 heavy (non-hydrogen) atoms. The van der Waals surface area contributed by atoms with Crippen LogP contribution in [-0.4, -0.2) is 15.3 Å². The molecule has 0 N–H and O–H groups in total. The molecular formula is C13H11F3N2O. The van der Waals surface area contributed by atoms with Gasteiger partial charge < -0.3 is 4.57 Å². The van der Waals surface area contributed by atoms with E-state index in [9.17, 15) is 18.0 Å². The van der Waals surface area contributed by atoms with Gasteiger partial charge in [0.2, 0.25) is 0 Å². The Morgan fingerprint density at radius 1 is 1.26 bits per heavy atom. The lowest BCUT2D eigenvalue weighted by atomic mass is 10.1. The molecular weight excluding hydrogens is 257 g/mol. The van der Waals surface area contributed by atoms with Gasteiger partial charge in [0.15, 0.2) is 23.2 Å². The first-order valence-corrected chi connectivity index (χ1v) is 5.70. The van der Waals surface area contributed by atoms with E-state index in [1.165, 1.54) is 6.20 Å². The summed E-state index contributed by atoms with van der Waals surface area (Å²) in [6, 6.07) is 1.39. The smallest absolute Gasteiger partial charge is 0.194 e. The number of benzene rings is 1. The molecule has 0 aliphatic rings. The number of imidazole rings is 1. The molecule has 0 saturated carbocycles. The topological polar surface area (TPSA) is 34.9 Å². The molecule has 0 aliphatic carbocycles. The van der Waals surface area contributed by atoms with Crippen LogP contribution in [0.1, 0.15) is 23.1 Å². The van der Waals surface area contributed by atoms with Crippen molar-refractivity contribution in [2.24, 2.45) is 0 Å². The monoisotopic (exact) mass is 268 g/mol. The fourth-order valence-corrected chi connectivity index (χ4v) is 1.76. The highest BCUT2D eigenvalue weighted by atomic mass is 19.2. The molecule has 0 saturated heterocycles. The molecule has 0 bridgehead atoms. The minimum absolute atomic E-state index is 0.0919. The second kappa shape index (κ2) is 5.26. The summed E-state index contributed by atoms with van der Waals surface area (Å²) in [5.74, 6) is -4.34. The van der Waals surface area contributed by atoms with Gasteiger partial charge in [0.25, 0.3) is 0 Å². The number of halogens is 3. The quantitative estimate of drug-likeness (QED) is 0.631. The zero-order chi connectivity index (χ0) is 14.0. The predicted molar refractivity (Wildman–Crippen MR) is 62.3 cm³/mol. The average molecular weight is 268 g/mol. The van der Waals surface area contributed by atoms with Gasteiger partial charge in [0.05, 0.1) is 6.42 Å². The Labute approximate surface area is 107 Å². The predicted octanol–water partition coefficient (Wildman–Crippen LogP) is 2.75. The number of hydrogen-bond acceptors (Lipinski definition) is 2. The Morgan fingerprint density at radius 2 is 1.89 bits per heavy atom. The summed E-state index contributed by atoms with van der Waals surface area (Å²) in [5, 5.41) is 0. The van der Waals surface area contributed by atoms with Crippen LogP contribution in [0.3, 0.4) is 0 Å². The number of carbonyl (C=O) groups is 1. The Morgan fingerprint density at radius 3 is 2.47 bits per heavy atom. The number of nitrogens with zero attached hydrogens (tertiary/aromatic N) is 2. The molecule has 0 amide bonds. The Balaban J connectivity index is 2.26. The van der Waals surface area contributed by atoms with Crippen molar-refractivity contribution in [3.05, 3.63) is 53.4 Å². The van der Waals surface area contributed by atoms with Gasteiger partial charge in [0.1, 0.15) is 5.82 Å². The summed E-state index contributed by atoms with van der Waals surface area (Å²) >= 11 is 0. The van der Waals surface area contributed by atoms with E-state index < -0.39 is 23.2 Å². The van der Waals surface area contributed by atoms with E-state index in [1.54, 1.807) is 10.8 Å². The van der Waals surface area contributed by atoms with Crippen molar-refractivity contribution in [2.75, 3.05) is 0 Å². The van der Waals surface area contributed by atoms with Crippen molar-refractivity contribution in [3.8, 4) is 0 Å². The molecule has 0 spiro atoms. The lowest BCUT2D eigenvalue weighted by Crippen LogP contribution is -2.10. The maximum absolute atomic E-state index is 13.0. The Bertz CT molecular complexity index is 599. The third-order valence-electron chi connectivity index (χ3n) is 2.77. The highest BCUT2D eigenvalue weighted by Crippen LogP contribution is 2.15. The number of aromatic nitrogens is 2. The van der Waals surface area contributed by atoms with Crippen LogP contribution in [0.4, 0.5) is 13.2 Å². The van der Waals surface area contributed by atoms with Crippen LogP contribution in [0.5, 0.6) is 0 Å². The number of carbonyl (C=O) groups excluding carboxylic acids is 1. The molecule has 0 radical (unpaired) electrons. The van der Waals surface area contributed by atoms with Gasteiger partial charge in [-0.05, 0) is 19.1 Å². The lowest BCUT2D eigenvalue weighted by Gasteiger charge is -2.05. The standard InChI is InChI=1S/C13H11F3N2O/c1-2-18-4-3-17-12(18)7-11(19)8-5-9(14)13(16)10(15)6-8/h3-6H,2,7H2,1H3. The molecule has 0 fully saturated rings. The summed E-state index contributed by atoms with van der Waals surface area (Å²) in [5.41, 5.74) is -0.206. The molecule has 100 valence electrons. The molecule has 2 aromatic rings. The van der Waals surface area contributed by atoms with Crippen molar-refractivity contribution >= 4 is 5.78 Å². The largest absolute Gasteiger partial charge is 0.335 e. The first-order valence-electron chi connectivity index (χ1n) is 5.70. The SMILES string of the molecule is CCn1ccnc1CC(=O)c1cc(F)c(F)c(F)c1. The van der Waals surface area contributed by atoms with Crippen molar-refractivity contribution in [1.82, 2.24) is 9.55 Å². The number of ketones is 1. The minimum Gasteiger partial charge on any atom is -0.335 e. The summed E-state index contributed by atoms with van der Waals surface area (Å²) < 4.78 is 40.6. The van der Waals surface area contributed by atoms with Crippen LogP contribution in [0.15, 0.2) is 24.5 Å².